The summed E-state index contributed by atoms with van der Waals surface area (Å²) in [6, 6.07) is 4.05. The molecule has 116 valence electrons. The molecule has 0 aliphatic carbocycles. The third-order valence-electron chi connectivity index (χ3n) is 3.29. The van der Waals surface area contributed by atoms with E-state index in [9.17, 15) is 18.0 Å². The molecule has 1 amide bonds. The molecule has 1 aliphatic rings. The lowest BCUT2D eigenvalue weighted by atomic mass is 9.99. The van der Waals surface area contributed by atoms with Crippen molar-refractivity contribution < 1.29 is 22.7 Å². The van der Waals surface area contributed by atoms with Crippen molar-refractivity contribution in [3.8, 4) is 5.75 Å². The smallest absolute Gasteiger partial charge is 0.404 e. The Kier molecular flexibility index (Phi) is 4.48. The van der Waals surface area contributed by atoms with E-state index in [2.05, 4.69) is 31.3 Å². The first kappa shape index (κ1) is 16.1. The standard InChI is InChI=1S/C13H14BrF3N2O2/c1-12(5-2-6-18-12)11(20)19-9-4-3-8(14)7-10(9)21-13(15,16)17/h3-4,7,18H,2,5-6H2,1H3,(H,19,20). The van der Waals surface area contributed by atoms with Crippen LogP contribution in [0.25, 0.3) is 0 Å². The molecule has 2 rings (SSSR count). The molecule has 1 fully saturated rings. The molecular formula is C13H14BrF3N2O2. The van der Waals surface area contributed by atoms with E-state index in [4.69, 9.17) is 0 Å². The third-order valence-corrected chi connectivity index (χ3v) is 3.78. The molecule has 0 aromatic heterocycles. The van der Waals surface area contributed by atoms with Crippen LogP contribution in [0, 0.1) is 0 Å². The molecule has 0 spiro atoms. The van der Waals surface area contributed by atoms with Gasteiger partial charge in [-0.05, 0) is 44.5 Å². The molecule has 8 heteroatoms. The molecule has 21 heavy (non-hydrogen) atoms. The Bertz CT molecular complexity index is 543. The average Bonchev–Trinajstić information content (AvgIpc) is 2.79. The Morgan fingerprint density at radius 1 is 1.48 bits per heavy atom. The number of rotatable bonds is 3. The van der Waals surface area contributed by atoms with Crippen LogP contribution in [0.1, 0.15) is 19.8 Å². The highest BCUT2D eigenvalue weighted by Gasteiger charge is 2.37. The van der Waals surface area contributed by atoms with Gasteiger partial charge >= 0.3 is 6.36 Å². The molecule has 1 unspecified atom stereocenters. The number of carbonyl (C=O) groups is 1. The number of carbonyl (C=O) groups excluding carboxylic acids is 1. The summed E-state index contributed by atoms with van der Waals surface area (Å²) in [5.74, 6) is -0.832. The lowest BCUT2D eigenvalue weighted by Gasteiger charge is -2.24. The van der Waals surface area contributed by atoms with Gasteiger partial charge < -0.3 is 15.4 Å². The van der Waals surface area contributed by atoms with E-state index in [0.29, 0.717) is 17.4 Å². The molecule has 0 radical (unpaired) electrons. The fourth-order valence-corrected chi connectivity index (χ4v) is 2.50. The van der Waals surface area contributed by atoms with Crippen molar-refractivity contribution in [3.63, 3.8) is 0 Å². The Labute approximate surface area is 128 Å². The van der Waals surface area contributed by atoms with E-state index in [-0.39, 0.29) is 11.6 Å². The number of amides is 1. The van der Waals surface area contributed by atoms with Crippen LogP contribution in [0.3, 0.4) is 0 Å². The molecular weight excluding hydrogens is 353 g/mol. The number of benzene rings is 1. The number of anilines is 1. The van der Waals surface area contributed by atoms with Crippen LogP contribution in [0.15, 0.2) is 22.7 Å². The molecule has 1 aromatic rings. The maximum absolute atomic E-state index is 12.4. The lowest BCUT2D eigenvalue weighted by Crippen LogP contribution is -2.48. The summed E-state index contributed by atoms with van der Waals surface area (Å²) in [7, 11) is 0. The number of hydrogen-bond donors (Lipinski definition) is 2. The topological polar surface area (TPSA) is 50.4 Å². The molecule has 1 atom stereocenters. The van der Waals surface area contributed by atoms with Gasteiger partial charge in [0.15, 0.2) is 5.75 Å². The van der Waals surface area contributed by atoms with Crippen LogP contribution < -0.4 is 15.4 Å². The zero-order valence-corrected chi connectivity index (χ0v) is 12.8. The Morgan fingerprint density at radius 2 is 2.19 bits per heavy atom. The van der Waals surface area contributed by atoms with Crippen LogP contribution >= 0.6 is 15.9 Å². The van der Waals surface area contributed by atoms with Gasteiger partial charge in [-0.25, -0.2) is 0 Å². The highest BCUT2D eigenvalue weighted by atomic mass is 79.9. The monoisotopic (exact) mass is 366 g/mol. The van der Waals surface area contributed by atoms with Crippen molar-refractivity contribution in [1.29, 1.82) is 0 Å². The first-order valence-corrected chi connectivity index (χ1v) is 7.11. The quantitative estimate of drug-likeness (QED) is 0.861. The molecule has 4 nitrogen and oxygen atoms in total. The molecule has 0 saturated carbocycles. The van der Waals surface area contributed by atoms with Crippen LogP contribution in [0.5, 0.6) is 5.75 Å². The van der Waals surface area contributed by atoms with Gasteiger partial charge in [0.05, 0.1) is 11.2 Å². The van der Waals surface area contributed by atoms with Gasteiger partial charge in [-0.3, -0.25) is 4.79 Å². The van der Waals surface area contributed by atoms with Crippen LogP contribution in [-0.4, -0.2) is 24.4 Å². The van der Waals surface area contributed by atoms with E-state index in [0.717, 1.165) is 12.5 Å². The van der Waals surface area contributed by atoms with E-state index < -0.39 is 17.7 Å². The largest absolute Gasteiger partial charge is 0.573 e. The zero-order chi connectivity index (χ0) is 15.7. The Hall–Kier alpha value is -1.28. The molecule has 1 heterocycles. The second-order valence-corrected chi connectivity index (χ2v) is 5.92. The van der Waals surface area contributed by atoms with Crippen LogP contribution in [0.2, 0.25) is 0 Å². The van der Waals surface area contributed by atoms with E-state index >= 15 is 0 Å². The molecule has 1 saturated heterocycles. The van der Waals surface area contributed by atoms with Crippen molar-refractivity contribution in [3.05, 3.63) is 22.7 Å². The average molecular weight is 367 g/mol. The van der Waals surface area contributed by atoms with Crippen molar-refractivity contribution in [1.82, 2.24) is 5.32 Å². The number of alkyl halides is 3. The summed E-state index contributed by atoms with van der Waals surface area (Å²) in [6.07, 6.45) is -3.35. The zero-order valence-electron chi connectivity index (χ0n) is 11.2. The summed E-state index contributed by atoms with van der Waals surface area (Å²) in [5, 5.41) is 5.54. The summed E-state index contributed by atoms with van der Waals surface area (Å²) < 4.78 is 41.6. The molecule has 2 N–H and O–H groups in total. The van der Waals surface area contributed by atoms with Gasteiger partial charge in [-0.15, -0.1) is 13.2 Å². The summed E-state index contributed by atoms with van der Waals surface area (Å²) >= 11 is 3.07. The van der Waals surface area contributed by atoms with Gasteiger partial charge in [-0.2, -0.15) is 0 Å². The predicted molar refractivity (Wildman–Crippen MR) is 75.1 cm³/mol. The minimum Gasteiger partial charge on any atom is -0.404 e. The van der Waals surface area contributed by atoms with Gasteiger partial charge in [-0.1, -0.05) is 15.9 Å². The van der Waals surface area contributed by atoms with Crippen molar-refractivity contribution in [2.24, 2.45) is 0 Å². The van der Waals surface area contributed by atoms with Crippen molar-refractivity contribution >= 4 is 27.5 Å². The van der Waals surface area contributed by atoms with Gasteiger partial charge in [0.2, 0.25) is 5.91 Å². The van der Waals surface area contributed by atoms with Crippen LogP contribution in [0.4, 0.5) is 18.9 Å². The normalized spacial score (nSPS) is 22.1. The summed E-state index contributed by atoms with van der Waals surface area (Å²) in [6.45, 7) is 2.43. The summed E-state index contributed by atoms with van der Waals surface area (Å²) in [4.78, 5) is 12.2. The highest BCUT2D eigenvalue weighted by Crippen LogP contribution is 2.34. The predicted octanol–water partition coefficient (Wildman–Crippen LogP) is 3.43. The fourth-order valence-electron chi connectivity index (χ4n) is 2.16. The van der Waals surface area contributed by atoms with Gasteiger partial charge in [0, 0.05) is 4.47 Å². The number of ether oxygens (including phenoxy) is 1. The second kappa shape index (κ2) is 5.84. The third kappa shape index (κ3) is 4.10. The Morgan fingerprint density at radius 3 is 2.76 bits per heavy atom. The molecule has 1 aliphatic heterocycles. The number of halogens is 4. The number of hydrogen-bond acceptors (Lipinski definition) is 3. The molecule has 0 bridgehead atoms. The van der Waals surface area contributed by atoms with Crippen molar-refractivity contribution in [2.45, 2.75) is 31.7 Å². The van der Waals surface area contributed by atoms with Crippen molar-refractivity contribution in [2.75, 3.05) is 11.9 Å². The fraction of sp³-hybridized carbons (Fsp3) is 0.462. The minimum atomic E-state index is -4.82. The summed E-state index contributed by atoms with van der Waals surface area (Å²) in [5.41, 5.74) is -0.793. The SMILES string of the molecule is CC1(C(=O)Nc2ccc(Br)cc2OC(F)(F)F)CCCN1. The second-order valence-electron chi connectivity index (χ2n) is 5.00. The van der Waals surface area contributed by atoms with E-state index in [1.54, 1.807) is 6.92 Å². The minimum absolute atomic E-state index is 0.0181. The maximum atomic E-state index is 12.4. The van der Waals surface area contributed by atoms with Gasteiger partial charge in [0.25, 0.3) is 0 Å². The molecule has 1 aromatic carbocycles. The number of nitrogens with one attached hydrogen (secondary N) is 2. The highest BCUT2D eigenvalue weighted by molar-refractivity contribution is 9.10. The maximum Gasteiger partial charge on any atom is 0.573 e. The lowest BCUT2D eigenvalue weighted by molar-refractivity contribution is -0.274. The van der Waals surface area contributed by atoms with E-state index in [1.165, 1.54) is 12.1 Å². The van der Waals surface area contributed by atoms with E-state index in [1.807, 2.05) is 0 Å². The first-order valence-electron chi connectivity index (χ1n) is 6.31. The van der Waals surface area contributed by atoms with Crippen LogP contribution in [-0.2, 0) is 4.79 Å². The first-order chi connectivity index (χ1) is 9.70. The Balaban J connectivity index is 2.21. The van der Waals surface area contributed by atoms with Gasteiger partial charge in [0.1, 0.15) is 0 Å².